The Balaban J connectivity index is 2.35. The van der Waals surface area contributed by atoms with E-state index in [0.717, 1.165) is 11.4 Å². The summed E-state index contributed by atoms with van der Waals surface area (Å²) < 4.78 is 10.5. The number of H-pyrrole nitrogens is 1. The van der Waals surface area contributed by atoms with Crippen LogP contribution >= 0.6 is 0 Å². The highest BCUT2D eigenvalue weighted by atomic mass is 16.5. The third kappa shape index (κ3) is 3.81. The minimum Gasteiger partial charge on any atom is -0.497 e. The first-order chi connectivity index (χ1) is 11.0. The minimum absolute atomic E-state index is 0.391. The molecule has 0 saturated carbocycles. The molecule has 124 valence electrons. The topological polar surface area (TPSA) is 87.7 Å². The molecule has 0 aliphatic rings. The van der Waals surface area contributed by atoms with Gasteiger partial charge in [0.25, 0.3) is 0 Å². The molecule has 23 heavy (non-hydrogen) atoms. The molecule has 0 radical (unpaired) electrons. The maximum Gasteiger partial charge on any atom is 0.325 e. The zero-order valence-electron chi connectivity index (χ0n) is 13.7. The van der Waals surface area contributed by atoms with Crippen molar-refractivity contribution in [1.29, 1.82) is 0 Å². The number of likely N-dealkylation sites (N-methyl/N-ethyl adjacent to an activating group) is 1. The van der Waals surface area contributed by atoms with Crippen molar-refractivity contribution >= 4 is 5.97 Å². The third-order valence-corrected chi connectivity index (χ3v) is 3.58. The molecule has 1 atom stereocenters. The van der Waals surface area contributed by atoms with Gasteiger partial charge in [-0.25, -0.2) is 0 Å². The first kappa shape index (κ1) is 16.8. The van der Waals surface area contributed by atoms with Crippen molar-refractivity contribution in [2.45, 2.75) is 19.5 Å². The van der Waals surface area contributed by atoms with Crippen molar-refractivity contribution in [3.05, 3.63) is 41.2 Å². The Bertz CT molecular complexity index is 684. The van der Waals surface area contributed by atoms with Crippen LogP contribution in [0, 0.1) is 6.92 Å². The minimum atomic E-state index is -0.966. The standard InChI is InChI=1S/C16H21N3O4/c1-10-7-11(18-17-10)9-19(2)15(16(20)21)13-8-12(22-3)5-6-14(13)23-4/h5-8,15H,9H2,1-4H3,(H,17,18)(H,20,21)/t15-/m0/s1. The number of hydrogen-bond donors (Lipinski definition) is 2. The fourth-order valence-electron chi connectivity index (χ4n) is 2.51. The van der Waals surface area contributed by atoms with Crippen LogP contribution in [0.1, 0.15) is 23.0 Å². The molecule has 0 bridgehead atoms. The van der Waals surface area contributed by atoms with Gasteiger partial charge in [-0.1, -0.05) is 0 Å². The number of nitrogens with zero attached hydrogens (tertiary/aromatic N) is 2. The van der Waals surface area contributed by atoms with Gasteiger partial charge in [-0.2, -0.15) is 5.10 Å². The zero-order valence-corrected chi connectivity index (χ0v) is 13.7. The molecular formula is C16H21N3O4. The number of benzene rings is 1. The maximum atomic E-state index is 11.8. The third-order valence-electron chi connectivity index (χ3n) is 3.58. The van der Waals surface area contributed by atoms with Gasteiger partial charge in [-0.15, -0.1) is 0 Å². The summed E-state index contributed by atoms with van der Waals surface area (Å²) in [6.45, 7) is 2.29. The summed E-state index contributed by atoms with van der Waals surface area (Å²) in [5.74, 6) is 0.116. The number of ether oxygens (including phenoxy) is 2. The summed E-state index contributed by atoms with van der Waals surface area (Å²) in [6.07, 6.45) is 0. The molecule has 2 N–H and O–H groups in total. The summed E-state index contributed by atoms with van der Waals surface area (Å²) in [5, 5.41) is 16.7. The molecule has 2 rings (SSSR count). The number of aryl methyl sites for hydroxylation is 1. The van der Waals surface area contributed by atoms with Crippen molar-refractivity contribution in [2.24, 2.45) is 0 Å². The van der Waals surface area contributed by atoms with Gasteiger partial charge in [0.05, 0.1) is 19.9 Å². The second kappa shape index (κ2) is 7.15. The number of carbonyl (C=O) groups is 1. The molecule has 0 amide bonds. The molecule has 0 aliphatic carbocycles. The number of hydrogen-bond acceptors (Lipinski definition) is 5. The van der Waals surface area contributed by atoms with Crippen LogP contribution in [-0.2, 0) is 11.3 Å². The molecular weight excluding hydrogens is 298 g/mol. The highest BCUT2D eigenvalue weighted by Gasteiger charge is 2.28. The summed E-state index contributed by atoms with van der Waals surface area (Å²) in [4.78, 5) is 13.5. The Morgan fingerprint density at radius 1 is 1.35 bits per heavy atom. The van der Waals surface area contributed by atoms with E-state index in [9.17, 15) is 9.90 Å². The van der Waals surface area contributed by atoms with Gasteiger partial charge in [0.1, 0.15) is 17.5 Å². The lowest BCUT2D eigenvalue weighted by Gasteiger charge is -2.25. The van der Waals surface area contributed by atoms with Crippen LogP contribution in [0.5, 0.6) is 11.5 Å². The Hall–Kier alpha value is -2.54. The van der Waals surface area contributed by atoms with Crippen LogP contribution in [0.25, 0.3) is 0 Å². The van der Waals surface area contributed by atoms with E-state index in [2.05, 4.69) is 10.2 Å². The van der Waals surface area contributed by atoms with Crippen molar-refractivity contribution in [1.82, 2.24) is 15.1 Å². The number of aliphatic carboxylic acids is 1. The fraction of sp³-hybridized carbons (Fsp3) is 0.375. The van der Waals surface area contributed by atoms with Gasteiger partial charge in [-0.3, -0.25) is 14.8 Å². The van der Waals surface area contributed by atoms with E-state index in [1.807, 2.05) is 13.0 Å². The normalized spacial score (nSPS) is 12.2. The van der Waals surface area contributed by atoms with E-state index in [1.165, 1.54) is 14.2 Å². The number of carboxylic acids is 1. The largest absolute Gasteiger partial charge is 0.497 e. The van der Waals surface area contributed by atoms with Crippen molar-refractivity contribution in [3.8, 4) is 11.5 Å². The van der Waals surface area contributed by atoms with Crippen LogP contribution in [0.3, 0.4) is 0 Å². The van der Waals surface area contributed by atoms with Gasteiger partial charge in [0.15, 0.2) is 0 Å². The van der Waals surface area contributed by atoms with Crippen molar-refractivity contribution < 1.29 is 19.4 Å². The Morgan fingerprint density at radius 2 is 2.09 bits per heavy atom. The van der Waals surface area contributed by atoms with Crippen molar-refractivity contribution in [2.75, 3.05) is 21.3 Å². The van der Waals surface area contributed by atoms with E-state index < -0.39 is 12.0 Å². The molecule has 7 nitrogen and oxygen atoms in total. The van der Waals surface area contributed by atoms with Crippen LogP contribution in [0.15, 0.2) is 24.3 Å². The molecule has 0 unspecified atom stereocenters. The lowest BCUT2D eigenvalue weighted by Crippen LogP contribution is -2.31. The lowest BCUT2D eigenvalue weighted by molar-refractivity contribution is -0.143. The van der Waals surface area contributed by atoms with Gasteiger partial charge >= 0.3 is 5.97 Å². The number of aromatic amines is 1. The maximum absolute atomic E-state index is 11.8. The molecule has 0 fully saturated rings. The molecule has 0 saturated heterocycles. The SMILES string of the molecule is COc1ccc(OC)c([C@@H](C(=O)O)N(C)Cc2cc(C)[nH]n2)c1. The first-order valence-corrected chi connectivity index (χ1v) is 7.12. The quantitative estimate of drug-likeness (QED) is 0.811. The van der Waals surface area contributed by atoms with Crippen LogP contribution in [0.2, 0.25) is 0 Å². The Kier molecular flexibility index (Phi) is 5.23. The molecule has 0 aliphatic heterocycles. The molecule has 1 aromatic carbocycles. The van der Waals surface area contributed by atoms with E-state index >= 15 is 0 Å². The predicted molar refractivity (Wildman–Crippen MR) is 84.7 cm³/mol. The lowest BCUT2D eigenvalue weighted by atomic mass is 10.0. The number of methoxy groups -OCH3 is 2. The number of rotatable bonds is 7. The van der Waals surface area contributed by atoms with Crippen molar-refractivity contribution in [3.63, 3.8) is 0 Å². The van der Waals surface area contributed by atoms with Gasteiger partial charge in [0, 0.05) is 17.8 Å². The van der Waals surface area contributed by atoms with E-state index in [4.69, 9.17) is 9.47 Å². The van der Waals surface area contributed by atoms with E-state index in [-0.39, 0.29) is 0 Å². The average Bonchev–Trinajstić information content (AvgIpc) is 2.91. The molecule has 0 spiro atoms. The Morgan fingerprint density at radius 3 is 2.61 bits per heavy atom. The zero-order chi connectivity index (χ0) is 17.0. The number of aromatic nitrogens is 2. The first-order valence-electron chi connectivity index (χ1n) is 7.12. The molecule has 1 heterocycles. The van der Waals surface area contributed by atoms with E-state index in [0.29, 0.717) is 23.6 Å². The van der Waals surface area contributed by atoms with E-state index in [1.54, 1.807) is 30.1 Å². The van der Waals surface area contributed by atoms with Crippen LogP contribution < -0.4 is 9.47 Å². The summed E-state index contributed by atoms with van der Waals surface area (Å²) in [6, 6.07) is 6.13. The van der Waals surface area contributed by atoms with Gasteiger partial charge < -0.3 is 14.6 Å². The number of carboxylic acid groups (broad SMARTS) is 1. The summed E-state index contributed by atoms with van der Waals surface area (Å²) in [5.41, 5.74) is 2.24. The monoisotopic (exact) mass is 319 g/mol. The average molecular weight is 319 g/mol. The van der Waals surface area contributed by atoms with Gasteiger partial charge in [-0.05, 0) is 38.2 Å². The summed E-state index contributed by atoms with van der Waals surface area (Å²) in [7, 11) is 4.79. The second-order valence-electron chi connectivity index (χ2n) is 5.31. The molecule has 1 aromatic heterocycles. The highest BCUT2D eigenvalue weighted by Crippen LogP contribution is 2.33. The van der Waals surface area contributed by atoms with Crippen LogP contribution in [-0.4, -0.2) is 47.4 Å². The molecule has 2 aromatic rings. The van der Waals surface area contributed by atoms with Crippen LogP contribution in [0.4, 0.5) is 0 Å². The highest BCUT2D eigenvalue weighted by molar-refractivity contribution is 5.77. The smallest absolute Gasteiger partial charge is 0.325 e. The Labute approximate surface area is 134 Å². The fourth-order valence-corrected chi connectivity index (χ4v) is 2.51. The number of nitrogens with one attached hydrogen (secondary N) is 1. The predicted octanol–water partition coefficient (Wildman–Crippen LogP) is 1.99. The summed E-state index contributed by atoms with van der Waals surface area (Å²) >= 11 is 0. The van der Waals surface area contributed by atoms with Gasteiger partial charge in [0.2, 0.25) is 0 Å². The second-order valence-corrected chi connectivity index (χ2v) is 5.31. The molecule has 7 heteroatoms.